The van der Waals surface area contributed by atoms with Gasteiger partial charge in [0.25, 0.3) is 0 Å². The first-order valence-corrected chi connectivity index (χ1v) is 5.72. The van der Waals surface area contributed by atoms with Gasteiger partial charge >= 0.3 is 38.5 Å². The van der Waals surface area contributed by atoms with Crippen molar-refractivity contribution >= 4 is 17.9 Å². The molecule has 0 unspecified atom stereocenters. The maximum atomic E-state index is 10.7. The van der Waals surface area contributed by atoms with Crippen molar-refractivity contribution in [2.45, 2.75) is 5.51 Å². The van der Waals surface area contributed by atoms with Crippen LogP contribution in [-0.2, 0) is 10.1 Å². The molecule has 0 radical (unpaired) electrons. The molecule has 0 aliphatic heterocycles. The standard InChI is InChI=1S/CHF3O3S.F6P/c2-1(3,4)8(5,6)7;1-7(2,3,4,5)6/h(H,5,6,7);/q;-1/p-1. The van der Waals surface area contributed by atoms with Gasteiger partial charge in [0, 0.05) is 0 Å². The summed E-state index contributed by atoms with van der Waals surface area (Å²) in [6.45, 7) is 0. The molecule has 0 saturated carbocycles. The molecule has 14 heteroatoms. The molecule has 0 atom stereocenters. The number of halogens is 9. The van der Waals surface area contributed by atoms with Gasteiger partial charge in [-0.15, -0.1) is 0 Å². The Morgan fingerprint density at radius 1 is 0.867 bits per heavy atom. The van der Waals surface area contributed by atoms with E-state index in [9.17, 15) is 38.4 Å². The second kappa shape index (κ2) is 3.10. The van der Waals surface area contributed by atoms with Gasteiger partial charge in [0.2, 0.25) is 0 Å². The smallest absolute Gasteiger partial charge is 0.485 e. The van der Waals surface area contributed by atoms with Crippen LogP contribution in [0.4, 0.5) is 38.4 Å². The summed E-state index contributed by atoms with van der Waals surface area (Å²) in [7, 11) is -16.7. The van der Waals surface area contributed by atoms with Crippen LogP contribution in [0, 0.1) is 0 Å². The monoisotopic (exact) mass is 294 g/mol. The minimum atomic E-state index is -10.7. The number of alkyl halides is 3. The SMILES string of the molecule is F[P-](F)(F)(F)(F)F.O=S(=O)([O-])C(F)(F)F. The number of hydrogen-bond acceptors (Lipinski definition) is 3. The van der Waals surface area contributed by atoms with Crippen LogP contribution in [0.3, 0.4) is 0 Å². The molecule has 0 aromatic heterocycles. The summed E-state index contributed by atoms with van der Waals surface area (Å²) in [4.78, 5) is 0. The Labute approximate surface area is 75.9 Å². The molecule has 0 N–H and O–H groups in total. The quantitative estimate of drug-likeness (QED) is 0.297. The molecule has 0 aliphatic carbocycles. The fourth-order valence-electron chi connectivity index (χ4n) is 0. The van der Waals surface area contributed by atoms with Crippen molar-refractivity contribution in [3.63, 3.8) is 0 Å². The fourth-order valence-corrected chi connectivity index (χ4v) is 0. The normalized spacial score (nSPS) is 18.3. The van der Waals surface area contributed by atoms with Crippen molar-refractivity contribution in [1.29, 1.82) is 0 Å². The Bertz CT molecular complexity index is 303. The van der Waals surface area contributed by atoms with E-state index in [0.717, 1.165) is 0 Å². The molecular formula is CF9O3PS-2. The Hall–Kier alpha value is -0.290. The molecule has 15 heavy (non-hydrogen) atoms. The van der Waals surface area contributed by atoms with Gasteiger partial charge in [-0.2, -0.15) is 13.2 Å². The molecule has 0 rings (SSSR count). The summed E-state index contributed by atoms with van der Waals surface area (Å²) in [5, 5.41) is 0. The molecule has 0 saturated heterocycles. The topological polar surface area (TPSA) is 57.2 Å². The van der Waals surface area contributed by atoms with Crippen LogP contribution in [0.5, 0.6) is 0 Å². The first-order chi connectivity index (χ1) is 5.70. The van der Waals surface area contributed by atoms with E-state index in [0.29, 0.717) is 0 Å². The zero-order valence-corrected chi connectivity index (χ0v) is 7.69. The van der Waals surface area contributed by atoms with E-state index in [-0.39, 0.29) is 0 Å². The van der Waals surface area contributed by atoms with E-state index in [1.54, 1.807) is 0 Å². The average molecular weight is 294 g/mol. The Morgan fingerprint density at radius 2 is 0.933 bits per heavy atom. The molecule has 0 heterocycles. The zero-order valence-electron chi connectivity index (χ0n) is 5.98. The molecular weight excluding hydrogens is 294 g/mol. The van der Waals surface area contributed by atoms with Gasteiger partial charge < -0.3 is 4.55 Å². The molecule has 0 spiro atoms. The summed E-state index contributed by atoms with van der Waals surface area (Å²) in [6, 6.07) is 0. The summed E-state index contributed by atoms with van der Waals surface area (Å²) in [5.74, 6) is 0. The molecule has 0 amide bonds. The van der Waals surface area contributed by atoms with Gasteiger partial charge in [0.15, 0.2) is 10.1 Å². The van der Waals surface area contributed by atoms with Gasteiger partial charge in [-0.1, -0.05) is 0 Å². The Balaban J connectivity index is 0. The van der Waals surface area contributed by atoms with Crippen molar-refractivity contribution in [2.24, 2.45) is 0 Å². The van der Waals surface area contributed by atoms with Gasteiger partial charge in [0.05, 0.1) is 0 Å². The second-order valence-corrected chi connectivity index (χ2v) is 5.15. The first-order valence-electron chi connectivity index (χ1n) is 2.29. The third-order valence-corrected chi connectivity index (χ3v) is 0.850. The largest absolute Gasteiger partial charge is 0.741 e. The van der Waals surface area contributed by atoms with E-state index in [1.165, 1.54) is 0 Å². The molecule has 0 bridgehead atoms. The van der Waals surface area contributed by atoms with Crippen LogP contribution in [0.1, 0.15) is 0 Å². The van der Waals surface area contributed by atoms with Crippen LogP contribution < -0.4 is 0 Å². The predicted octanol–water partition coefficient (Wildman–Crippen LogP) is 3.43. The molecule has 3 nitrogen and oxygen atoms in total. The van der Waals surface area contributed by atoms with Crippen molar-refractivity contribution in [3.8, 4) is 0 Å². The molecule has 0 aromatic carbocycles. The number of rotatable bonds is 0. The molecule has 0 aliphatic rings. The third kappa shape index (κ3) is 24.8. The summed E-state index contributed by atoms with van der Waals surface area (Å²) >= 11 is 0. The van der Waals surface area contributed by atoms with Crippen molar-refractivity contribution in [3.05, 3.63) is 0 Å². The average Bonchev–Trinajstić information content (AvgIpc) is 1.45. The zero-order chi connectivity index (χ0) is 13.4. The number of hydrogen-bond donors (Lipinski definition) is 0. The van der Waals surface area contributed by atoms with Crippen LogP contribution in [-0.4, -0.2) is 18.5 Å². The minimum Gasteiger partial charge on any atom is -0.741 e. The summed E-state index contributed by atoms with van der Waals surface area (Å²) < 4.78 is 118. The van der Waals surface area contributed by atoms with E-state index in [1.807, 2.05) is 0 Å². The van der Waals surface area contributed by atoms with Crippen molar-refractivity contribution < 1.29 is 51.3 Å². The third-order valence-electron chi connectivity index (χ3n) is 0.283. The van der Waals surface area contributed by atoms with Crippen molar-refractivity contribution in [2.75, 3.05) is 0 Å². The van der Waals surface area contributed by atoms with Crippen LogP contribution in [0.15, 0.2) is 0 Å². The van der Waals surface area contributed by atoms with E-state index in [4.69, 9.17) is 13.0 Å². The molecule has 98 valence electrons. The van der Waals surface area contributed by atoms with Gasteiger partial charge in [-0.25, -0.2) is 8.42 Å². The Morgan fingerprint density at radius 3 is 0.933 bits per heavy atom. The first kappa shape index (κ1) is 17.1. The molecule has 0 fully saturated rings. The van der Waals surface area contributed by atoms with E-state index in [2.05, 4.69) is 0 Å². The van der Waals surface area contributed by atoms with Gasteiger partial charge in [-0.05, 0) is 0 Å². The minimum absolute atomic E-state index is 5.65. The predicted molar refractivity (Wildman–Crippen MR) is 29.3 cm³/mol. The maximum Gasteiger partial charge on any atom is 0.485 e. The van der Waals surface area contributed by atoms with Crippen molar-refractivity contribution in [1.82, 2.24) is 0 Å². The van der Waals surface area contributed by atoms with Crippen LogP contribution in [0.25, 0.3) is 0 Å². The van der Waals surface area contributed by atoms with Crippen LogP contribution >= 0.6 is 7.81 Å². The molecule has 0 aromatic rings. The van der Waals surface area contributed by atoms with Gasteiger partial charge in [0.1, 0.15) is 0 Å². The maximum absolute atomic E-state index is 10.7. The Kier molecular flexibility index (Phi) is 3.54. The van der Waals surface area contributed by atoms with E-state index < -0.39 is 23.4 Å². The van der Waals surface area contributed by atoms with Gasteiger partial charge in [-0.3, -0.25) is 0 Å². The summed E-state index contributed by atoms with van der Waals surface area (Å²) in [6.07, 6.45) is 0. The second-order valence-electron chi connectivity index (χ2n) is 1.86. The van der Waals surface area contributed by atoms with Crippen LogP contribution in [0.2, 0.25) is 0 Å². The summed E-state index contributed by atoms with van der Waals surface area (Å²) in [5.41, 5.74) is -5.65. The fraction of sp³-hybridized carbons (Fsp3) is 1.00. The van der Waals surface area contributed by atoms with E-state index >= 15 is 0 Å².